The fourth-order valence-corrected chi connectivity index (χ4v) is 4.42. The number of carbonyl (C=O) groups is 1. The van der Waals surface area contributed by atoms with Crippen LogP contribution >= 0.6 is 0 Å². The van der Waals surface area contributed by atoms with Crippen molar-refractivity contribution < 1.29 is 19.0 Å². The fraction of sp³-hybridized carbons (Fsp3) is 0.480. The van der Waals surface area contributed by atoms with Crippen molar-refractivity contribution in [1.29, 1.82) is 0 Å². The fourth-order valence-electron chi connectivity index (χ4n) is 4.42. The Balaban J connectivity index is 1.80. The van der Waals surface area contributed by atoms with Crippen LogP contribution < -0.4 is 9.47 Å². The maximum Gasteiger partial charge on any atom is 0.219 e. The summed E-state index contributed by atoms with van der Waals surface area (Å²) in [5.41, 5.74) is 2.49. The van der Waals surface area contributed by atoms with Crippen LogP contribution in [0.2, 0.25) is 0 Å². The van der Waals surface area contributed by atoms with E-state index in [-0.39, 0.29) is 5.91 Å². The number of methoxy groups -OCH3 is 3. The standard InChI is InChI=1S/C25H34N2O4/c1-19(28)27(11-12-29-2)17-22-16-26(15-20-7-5-9-23(13-20)30-3)18-25(22)21-8-6-10-24(14-21)31-4/h5-10,13-14,22,25H,11-12,15-18H2,1-4H3/t22-,25-/m1/s1. The minimum Gasteiger partial charge on any atom is -0.497 e. The first-order valence-corrected chi connectivity index (χ1v) is 10.8. The molecular weight excluding hydrogens is 392 g/mol. The summed E-state index contributed by atoms with van der Waals surface area (Å²) in [7, 11) is 5.06. The van der Waals surface area contributed by atoms with Crippen molar-refractivity contribution in [2.75, 3.05) is 54.1 Å². The Morgan fingerprint density at radius 3 is 2.42 bits per heavy atom. The van der Waals surface area contributed by atoms with Crippen LogP contribution in [0.5, 0.6) is 11.5 Å². The molecule has 0 aromatic heterocycles. The Bertz CT molecular complexity index is 857. The summed E-state index contributed by atoms with van der Waals surface area (Å²) < 4.78 is 16.1. The summed E-state index contributed by atoms with van der Waals surface area (Å²) in [5.74, 6) is 2.49. The number of ether oxygens (including phenoxy) is 3. The van der Waals surface area contributed by atoms with E-state index in [9.17, 15) is 4.79 Å². The SMILES string of the molecule is COCCN(C[C@H]1CN(Cc2cccc(OC)c2)C[C@@H]1c1cccc(OC)c1)C(C)=O. The lowest BCUT2D eigenvalue weighted by Crippen LogP contribution is -2.38. The third-order valence-electron chi connectivity index (χ3n) is 6.04. The molecule has 0 radical (unpaired) electrons. The molecule has 31 heavy (non-hydrogen) atoms. The first kappa shape index (κ1) is 23.1. The highest BCUT2D eigenvalue weighted by molar-refractivity contribution is 5.73. The molecule has 0 bridgehead atoms. The van der Waals surface area contributed by atoms with E-state index in [0.717, 1.165) is 37.7 Å². The maximum atomic E-state index is 12.2. The number of rotatable bonds is 10. The van der Waals surface area contributed by atoms with Crippen molar-refractivity contribution in [3.05, 3.63) is 59.7 Å². The Kier molecular flexibility index (Phi) is 8.32. The van der Waals surface area contributed by atoms with Crippen molar-refractivity contribution in [2.45, 2.75) is 19.4 Å². The summed E-state index contributed by atoms with van der Waals surface area (Å²) in [5, 5.41) is 0. The van der Waals surface area contributed by atoms with Crippen molar-refractivity contribution in [1.82, 2.24) is 9.80 Å². The molecule has 0 aliphatic carbocycles. The Labute approximate surface area is 185 Å². The van der Waals surface area contributed by atoms with Crippen LogP contribution in [-0.2, 0) is 16.1 Å². The summed E-state index contributed by atoms with van der Waals surface area (Å²) in [4.78, 5) is 16.6. The van der Waals surface area contributed by atoms with Gasteiger partial charge in [-0.3, -0.25) is 9.69 Å². The first-order chi connectivity index (χ1) is 15.0. The smallest absolute Gasteiger partial charge is 0.219 e. The quantitative estimate of drug-likeness (QED) is 0.583. The van der Waals surface area contributed by atoms with E-state index in [4.69, 9.17) is 14.2 Å². The van der Waals surface area contributed by atoms with Crippen LogP contribution in [0.15, 0.2) is 48.5 Å². The summed E-state index contributed by atoms with van der Waals surface area (Å²) >= 11 is 0. The van der Waals surface area contributed by atoms with Crippen LogP contribution in [0, 0.1) is 5.92 Å². The molecule has 6 heteroatoms. The van der Waals surface area contributed by atoms with Gasteiger partial charge in [-0.2, -0.15) is 0 Å². The number of hydrogen-bond acceptors (Lipinski definition) is 5. The molecule has 0 unspecified atom stereocenters. The molecule has 1 aliphatic heterocycles. The number of benzene rings is 2. The largest absolute Gasteiger partial charge is 0.497 e. The topological polar surface area (TPSA) is 51.2 Å². The van der Waals surface area contributed by atoms with Crippen molar-refractivity contribution in [3.63, 3.8) is 0 Å². The Hall–Kier alpha value is -2.57. The molecule has 1 fully saturated rings. The van der Waals surface area contributed by atoms with Crippen LogP contribution in [0.1, 0.15) is 24.0 Å². The molecule has 2 aromatic rings. The highest BCUT2D eigenvalue weighted by Crippen LogP contribution is 2.35. The monoisotopic (exact) mass is 426 g/mol. The van der Waals surface area contributed by atoms with Crippen LogP contribution in [-0.4, -0.2) is 69.8 Å². The van der Waals surface area contributed by atoms with E-state index in [1.54, 1.807) is 28.3 Å². The predicted octanol–water partition coefficient (Wildman–Crippen LogP) is 3.41. The zero-order valence-corrected chi connectivity index (χ0v) is 19.0. The number of nitrogens with zero attached hydrogens (tertiary/aromatic N) is 2. The van der Waals surface area contributed by atoms with Crippen LogP contribution in [0.4, 0.5) is 0 Å². The number of amides is 1. The van der Waals surface area contributed by atoms with Crippen LogP contribution in [0.25, 0.3) is 0 Å². The first-order valence-electron chi connectivity index (χ1n) is 10.8. The Morgan fingerprint density at radius 2 is 1.74 bits per heavy atom. The molecule has 168 valence electrons. The van der Waals surface area contributed by atoms with E-state index in [1.807, 2.05) is 29.2 Å². The summed E-state index contributed by atoms with van der Waals surface area (Å²) in [6.45, 7) is 6.23. The number of carbonyl (C=O) groups excluding carboxylic acids is 1. The van der Waals surface area contributed by atoms with E-state index in [1.165, 1.54) is 11.1 Å². The number of likely N-dealkylation sites (tertiary alicyclic amines) is 1. The lowest BCUT2D eigenvalue weighted by Gasteiger charge is -2.27. The van der Waals surface area contributed by atoms with Gasteiger partial charge in [0.25, 0.3) is 0 Å². The minimum absolute atomic E-state index is 0.0905. The molecule has 2 atom stereocenters. The second kappa shape index (κ2) is 11.2. The summed E-state index contributed by atoms with van der Waals surface area (Å²) in [6.07, 6.45) is 0. The molecular formula is C25H34N2O4. The van der Waals surface area contributed by atoms with E-state index < -0.39 is 0 Å². The van der Waals surface area contributed by atoms with Gasteiger partial charge in [0.05, 0.1) is 20.8 Å². The average Bonchev–Trinajstić information content (AvgIpc) is 3.18. The van der Waals surface area contributed by atoms with Gasteiger partial charge in [-0.05, 0) is 41.3 Å². The van der Waals surface area contributed by atoms with Crippen LogP contribution in [0.3, 0.4) is 0 Å². The second-order valence-corrected chi connectivity index (χ2v) is 8.15. The number of hydrogen-bond donors (Lipinski definition) is 0. The van der Waals surface area contributed by atoms with Gasteiger partial charge in [0, 0.05) is 52.7 Å². The van der Waals surface area contributed by atoms with Gasteiger partial charge in [-0.1, -0.05) is 24.3 Å². The molecule has 1 aliphatic rings. The molecule has 2 aromatic carbocycles. The molecule has 0 saturated carbocycles. The molecule has 6 nitrogen and oxygen atoms in total. The molecule has 0 spiro atoms. The van der Waals surface area contributed by atoms with Gasteiger partial charge in [-0.25, -0.2) is 0 Å². The van der Waals surface area contributed by atoms with E-state index in [2.05, 4.69) is 29.2 Å². The lowest BCUT2D eigenvalue weighted by molar-refractivity contribution is -0.130. The zero-order chi connectivity index (χ0) is 22.2. The minimum atomic E-state index is 0.0905. The highest BCUT2D eigenvalue weighted by Gasteiger charge is 2.35. The lowest BCUT2D eigenvalue weighted by atomic mass is 9.88. The predicted molar refractivity (Wildman–Crippen MR) is 122 cm³/mol. The van der Waals surface area contributed by atoms with Gasteiger partial charge < -0.3 is 19.1 Å². The molecule has 1 heterocycles. The van der Waals surface area contributed by atoms with Crippen molar-refractivity contribution in [2.24, 2.45) is 5.92 Å². The normalized spacial score (nSPS) is 18.7. The molecule has 1 amide bonds. The molecule has 1 saturated heterocycles. The van der Waals surface area contributed by atoms with E-state index >= 15 is 0 Å². The third kappa shape index (κ3) is 6.21. The average molecular weight is 427 g/mol. The van der Waals surface area contributed by atoms with Gasteiger partial charge in [0.2, 0.25) is 5.91 Å². The van der Waals surface area contributed by atoms with Gasteiger partial charge in [-0.15, -0.1) is 0 Å². The van der Waals surface area contributed by atoms with Crippen molar-refractivity contribution in [3.8, 4) is 11.5 Å². The zero-order valence-electron chi connectivity index (χ0n) is 19.0. The second-order valence-electron chi connectivity index (χ2n) is 8.15. The maximum absolute atomic E-state index is 12.2. The van der Waals surface area contributed by atoms with Gasteiger partial charge in [0.15, 0.2) is 0 Å². The van der Waals surface area contributed by atoms with E-state index in [0.29, 0.717) is 25.0 Å². The highest BCUT2D eigenvalue weighted by atomic mass is 16.5. The molecule has 3 rings (SSSR count). The van der Waals surface area contributed by atoms with Gasteiger partial charge >= 0.3 is 0 Å². The molecule has 0 N–H and O–H groups in total. The third-order valence-corrected chi connectivity index (χ3v) is 6.04. The van der Waals surface area contributed by atoms with Gasteiger partial charge in [0.1, 0.15) is 11.5 Å². The van der Waals surface area contributed by atoms with Crippen molar-refractivity contribution >= 4 is 5.91 Å². The summed E-state index contributed by atoms with van der Waals surface area (Å²) in [6, 6.07) is 16.5. The Morgan fingerprint density at radius 1 is 1.03 bits per heavy atom.